The molecule has 0 aliphatic carbocycles. The van der Waals surface area contributed by atoms with Crippen LogP contribution in [0.3, 0.4) is 0 Å². The molecule has 5 nitrogen and oxygen atoms in total. The van der Waals surface area contributed by atoms with E-state index in [-0.39, 0.29) is 18.0 Å². The number of hydrogen-bond donors (Lipinski definition) is 1. The van der Waals surface area contributed by atoms with E-state index in [1.807, 2.05) is 11.8 Å². The van der Waals surface area contributed by atoms with Gasteiger partial charge in [-0.3, -0.25) is 0 Å². The number of hydrogen-bond acceptors (Lipinski definition) is 3. The predicted octanol–water partition coefficient (Wildman–Crippen LogP) is 2.61. The first-order valence-corrected chi connectivity index (χ1v) is 8.29. The minimum absolute atomic E-state index is 0.0501. The molecule has 2 heterocycles. The molecule has 2 fully saturated rings. The lowest BCUT2D eigenvalue weighted by atomic mass is 9.90. The highest BCUT2D eigenvalue weighted by molar-refractivity contribution is 5.74. The number of urea groups is 1. The van der Waals surface area contributed by atoms with Crippen LogP contribution >= 0.6 is 0 Å². The van der Waals surface area contributed by atoms with Crippen molar-refractivity contribution in [2.75, 3.05) is 26.3 Å². The molecule has 1 N–H and O–H groups in total. The molecule has 0 bridgehead atoms. The van der Waals surface area contributed by atoms with Gasteiger partial charge in [0.25, 0.3) is 0 Å². The van der Waals surface area contributed by atoms with Crippen molar-refractivity contribution in [3.8, 4) is 0 Å². The Morgan fingerprint density at radius 1 is 1.38 bits per heavy atom. The van der Waals surface area contributed by atoms with E-state index in [0.717, 1.165) is 32.4 Å². The molecule has 122 valence electrons. The standard InChI is InChI=1S/C16H30N2O3/c1-5-12(2)13(3)17-15(19)18-8-6-7-14(11-18)16(4)20-9-10-21-16/h12-14H,5-11H2,1-4H3,(H,17,19)/t12-,13+,14+/m0/s1. The lowest BCUT2D eigenvalue weighted by Crippen LogP contribution is -2.53. The summed E-state index contributed by atoms with van der Waals surface area (Å²) in [6.07, 6.45) is 3.14. The molecule has 5 heteroatoms. The van der Waals surface area contributed by atoms with Crippen molar-refractivity contribution in [1.29, 1.82) is 0 Å². The Kier molecular flexibility index (Phi) is 5.49. The first-order valence-electron chi connectivity index (χ1n) is 8.29. The maximum absolute atomic E-state index is 12.4. The Balaban J connectivity index is 1.90. The Hall–Kier alpha value is -0.810. The molecular weight excluding hydrogens is 268 g/mol. The summed E-state index contributed by atoms with van der Waals surface area (Å²) in [4.78, 5) is 14.3. The second-order valence-electron chi connectivity index (χ2n) is 6.62. The van der Waals surface area contributed by atoms with E-state index in [1.54, 1.807) is 0 Å². The molecule has 2 saturated heterocycles. The van der Waals surface area contributed by atoms with Crippen LogP contribution in [0.1, 0.15) is 47.0 Å². The van der Waals surface area contributed by atoms with Crippen molar-refractivity contribution < 1.29 is 14.3 Å². The quantitative estimate of drug-likeness (QED) is 0.868. The zero-order chi connectivity index (χ0) is 15.5. The van der Waals surface area contributed by atoms with Gasteiger partial charge in [0.15, 0.2) is 5.79 Å². The second kappa shape index (κ2) is 6.97. The molecule has 0 aromatic heterocycles. The third kappa shape index (κ3) is 3.89. The Morgan fingerprint density at radius 3 is 2.67 bits per heavy atom. The molecule has 2 rings (SSSR count). The summed E-state index contributed by atoms with van der Waals surface area (Å²) >= 11 is 0. The fraction of sp³-hybridized carbons (Fsp3) is 0.938. The van der Waals surface area contributed by atoms with Gasteiger partial charge in [0.2, 0.25) is 0 Å². The van der Waals surface area contributed by atoms with E-state index in [2.05, 4.69) is 26.1 Å². The van der Waals surface area contributed by atoms with Gasteiger partial charge in [-0.2, -0.15) is 0 Å². The molecule has 0 aromatic rings. The lowest BCUT2D eigenvalue weighted by Gasteiger charge is -2.40. The number of carbonyl (C=O) groups is 1. The van der Waals surface area contributed by atoms with Crippen LogP contribution in [0.2, 0.25) is 0 Å². The van der Waals surface area contributed by atoms with Gasteiger partial charge in [-0.25, -0.2) is 4.79 Å². The molecule has 0 saturated carbocycles. The lowest BCUT2D eigenvalue weighted by molar-refractivity contribution is -0.189. The minimum Gasteiger partial charge on any atom is -0.347 e. The van der Waals surface area contributed by atoms with Crippen LogP contribution in [-0.2, 0) is 9.47 Å². The van der Waals surface area contributed by atoms with Crippen LogP contribution in [-0.4, -0.2) is 49.1 Å². The molecule has 0 aromatic carbocycles. The average Bonchev–Trinajstić information content (AvgIpc) is 2.94. The zero-order valence-electron chi connectivity index (χ0n) is 13.9. The van der Waals surface area contributed by atoms with Crippen molar-refractivity contribution >= 4 is 6.03 Å². The maximum Gasteiger partial charge on any atom is 0.317 e. The van der Waals surface area contributed by atoms with Gasteiger partial charge >= 0.3 is 6.03 Å². The smallest absolute Gasteiger partial charge is 0.317 e. The highest BCUT2D eigenvalue weighted by Crippen LogP contribution is 2.34. The molecule has 0 spiro atoms. The van der Waals surface area contributed by atoms with Crippen LogP contribution in [0.15, 0.2) is 0 Å². The number of rotatable bonds is 4. The molecule has 0 unspecified atom stereocenters. The van der Waals surface area contributed by atoms with Crippen molar-refractivity contribution in [1.82, 2.24) is 10.2 Å². The van der Waals surface area contributed by atoms with Crippen LogP contribution in [0.5, 0.6) is 0 Å². The molecule has 3 atom stereocenters. The SMILES string of the molecule is CC[C@H](C)[C@@H](C)NC(=O)N1CCC[C@@H](C2(C)OCCO2)C1. The monoisotopic (exact) mass is 298 g/mol. The first kappa shape index (κ1) is 16.6. The van der Waals surface area contributed by atoms with Crippen LogP contribution in [0.25, 0.3) is 0 Å². The number of ether oxygens (including phenoxy) is 2. The summed E-state index contributed by atoms with van der Waals surface area (Å²) in [7, 11) is 0. The number of piperidine rings is 1. The minimum atomic E-state index is -0.513. The van der Waals surface area contributed by atoms with Crippen LogP contribution < -0.4 is 5.32 Å². The van der Waals surface area contributed by atoms with E-state index in [9.17, 15) is 4.79 Å². The first-order chi connectivity index (χ1) is 9.96. The summed E-state index contributed by atoms with van der Waals surface area (Å²) in [5.41, 5.74) is 0. The number of nitrogens with one attached hydrogen (secondary N) is 1. The predicted molar refractivity (Wildman–Crippen MR) is 82.1 cm³/mol. The van der Waals surface area contributed by atoms with Gasteiger partial charge in [-0.1, -0.05) is 20.3 Å². The fourth-order valence-corrected chi connectivity index (χ4v) is 3.14. The van der Waals surface area contributed by atoms with E-state index >= 15 is 0 Å². The molecular formula is C16H30N2O3. The third-order valence-electron chi connectivity index (χ3n) is 5.16. The van der Waals surface area contributed by atoms with Gasteiger partial charge in [0.1, 0.15) is 0 Å². The van der Waals surface area contributed by atoms with Crippen LogP contribution in [0.4, 0.5) is 4.79 Å². The number of likely N-dealkylation sites (tertiary alicyclic amines) is 1. The van der Waals surface area contributed by atoms with Gasteiger partial charge in [-0.15, -0.1) is 0 Å². The van der Waals surface area contributed by atoms with E-state index in [0.29, 0.717) is 19.1 Å². The number of nitrogens with zero attached hydrogens (tertiary/aromatic N) is 1. The summed E-state index contributed by atoms with van der Waals surface area (Å²) < 4.78 is 11.5. The Bertz CT molecular complexity index is 355. The highest BCUT2D eigenvalue weighted by atomic mass is 16.7. The van der Waals surface area contributed by atoms with Crippen molar-refractivity contribution in [2.45, 2.75) is 58.8 Å². The molecule has 2 aliphatic rings. The maximum atomic E-state index is 12.4. The number of amides is 2. The summed E-state index contributed by atoms with van der Waals surface area (Å²) in [5, 5.41) is 3.13. The average molecular weight is 298 g/mol. The molecule has 2 amide bonds. The summed E-state index contributed by atoms with van der Waals surface area (Å²) in [6, 6.07) is 0.256. The molecule has 2 aliphatic heterocycles. The zero-order valence-corrected chi connectivity index (χ0v) is 13.9. The largest absolute Gasteiger partial charge is 0.347 e. The van der Waals surface area contributed by atoms with Gasteiger partial charge < -0.3 is 19.7 Å². The molecule has 21 heavy (non-hydrogen) atoms. The number of carbonyl (C=O) groups excluding carboxylic acids is 1. The van der Waals surface area contributed by atoms with Crippen molar-refractivity contribution in [3.63, 3.8) is 0 Å². The Morgan fingerprint density at radius 2 is 2.05 bits per heavy atom. The Labute approximate surface area is 128 Å². The van der Waals surface area contributed by atoms with E-state index in [4.69, 9.17) is 9.47 Å². The van der Waals surface area contributed by atoms with Gasteiger partial charge in [0, 0.05) is 25.0 Å². The van der Waals surface area contributed by atoms with Crippen molar-refractivity contribution in [3.05, 3.63) is 0 Å². The normalized spacial score (nSPS) is 28.2. The van der Waals surface area contributed by atoms with E-state index < -0.39 is 5.79 Å². The van der Waals surface area contributed by atoms with Crippen LogP contribution in [0, 0.1) is 11.8 Å². The van der Waals surface area contributed by atoms with E-state index in [1.165, 1.54) is 0 Å². The summed E-state index contributed by atoms with van der Waals surface area (Å²) in [5.74, 6) is 0.244. The topological polar surface area (TPSA) is 50.8 Å². The highest BCUT2D eigenvalue weighted by Gasteiger charge is 2.42. The van der Waals surface area contributed by atoms with Crippen molar-refractivity contribution in [2.24, 2.45) is 11.8 Å². The molecule has 0 radical (unpaired) electrons. The third-order valence-corrected chi connectivity index (χ3v) is 5.16. The summed E-state index contributed by atoms with van der Waals surface area (Å²) in [6.45, 7) is 11.3. The second-order valence-corrected chi connectivity index (χ2v) is 6.62. The fourth-order valence-electron chi connectivity index (χ4n) is 3.14. The van der Waals surface area contributed by atoms with Gasteiger partial charge in [-0.05, 0) is 32.6 Å². The van der Waals surface area contributed by atoms with Gasteiger partial charge in [0.05, 0.1) is 13.2 Å².